The van der Waals surface area contributed by atoms with Crippen LogP contribution in [0, 0.1) is 0 Å². The summed E-state index contributed by atoms with van der Waals surface area (Å²) < 4.78 is 6.84. The number of pyridine rings is 1. The molecule has 3 aromatic carbocycles. The molecule has 0 radical (unpaired) electrons. The van der Waals surface area contributed by atoms with Crippen LogP contribution in [0.5, 0.6) is 5.88 Å². The third-order valence-corrected chi connectivity index (χ3v) is 7.55. The van der Waals surface area contributed by atoms with Crippen molar-refractivity contribution in [3.05, 3.63) is 106 Å². The van der Waals surface area contributed by atoms with E-state index in [1.165, 1.54) is 0 Å². The fraction of sp³-hybridized carbons (Fsp3) is 0.344. The molecular formula is C32H38BrN3O2. The Morgan fingerprint density at radius 1 is 0.947 bits per heavy atom. The number of ether oxygens (including phenoxy) is 1. The van der Waals surface area contributed by atoms with Gasteiger partial charge in [0.1, 0.15) is 5.60 Å². The summed E-state index contributed by atoms with van der Waals surface area (Å²) in [5.74, 6) is 0.159. The van der Waals surface area contributed by atoms with Crippen molar-refractivity contribution < 1.29 is 9.84 Å². The smallest absolute Gasteiger partial charge is 0.217 e. The maximum absolute atomic E-state index is 12.8. The van der Waals surface area contributed by atoms with E-state index in [2.05, 4.69) is 64.5 Å². The Morgan fingerprint density at radius 2 is 1.66 bits per heavy atom. The molecule has 0 fully saturated rings. The molecule has 0 spiro atoms. The van der Waals surface area contributed by atoms with Crippen molar-refractivity contribution in [1.29, 1.82) is 0 Å². The minimum atomic E-state index is -1.17. The predicted molar refractivity (Wildman–Crippen MR) is 160 cm³/mol. The number of halogens is 1. The highest BCUT2D eigenvalue weighted by atomic mass is 79.9. The molecule has 200 valence electrons. The average Bonchev–Trinajstić information content (AvgIpc) is 2.93. The van der Waals surface area contributed by atoms with Crippen molar-refractivity contribution in [1.82, 2.24) is 15.2 Å². The molecule has 38 heavy (non-hydrogen) atoms. The molecule has 2 unspecified atom stereocenters. The van der Waals surface area contributed by atoms with Gasteiger partial charge in [-0.05, 0) is 75.3 Å². The Balaban J connectivity index is 1.76. The molecule has 6 heteroatoms. The number of nitrogens with one attached hydrogen (secondary N) is 1. The number of aliphatic hydroxyl groups is 1. The van der Waals surface area contributed by atoms with Crippen molar-refractivity contribution in [2.75, 3.05) is 40.8 Å². The van der Waals surface area contributed by atoms with E-state index in [0.717, 1.165) is 64.5 Å². The van der Waals surface area contributed by atoms with Gasteiger partial charge in [0.05, 0.1) is 12.6 Å². The molecule has 4 rings (SSSR count). The molecule has 1 heterocycles. The Morgan fingerprint density at radius 3 is 2.34 bits per heavy atom. The van der Waals surface area contributed by atoms with Crippen LogP contribution in [-0.4, -0.2) is 55.8 Å². The molecular weight excluding hydrogens is 538 g/mol. The summed E-state index contributed by atoms with van der Waals surface area (Å²) in [5, 5.41) is 17.3. The maximum atomic E-state index is 12.8. The monoisotopic (exact) mass is 575 g/mol. The van der Waals surface area contributed by atoms with Gasteiger partial charge in [-0.2, -0.15) is 0 Å². The van der Waals surface area contributed by atoms with E-state index in [4.69, 9.17) is 9.72 Å². The maximum Gasteiger partial charge on any atom is 0.217 e. The van der Waals surface area contributed by atoms with E-state index in [1.807, 2.05) is 60.7 Å². The van der Waals surface area contributed by atoms with Gasteiger partial charge in [0.25, 0.3) is 0 Å². The molecule has 0 amide bonds. The lowest BCUT2D eigenvalue weighted by Gasteiger charge is -2.38. The van der Waals surface area contributed by atoms with Crippen molar-refractivity contribution in [3.8, 4) is 5.88 Å². The van der Waals surface area contributed by atoms with Gasteiger partial charge in [-0.15, -0.1) is 0 Å². The Kier molecular flexibility index (Phi) is 9.91. The number of benzene rings is 3. The third kappa shape index (κ3) is 6.80. The molecule has 0 aliphatic heterocycles. The fourth-order valence-electron chi connectivity index (χ4n) is 5.13. The first-order valence-corrected chi connectivity index (χ1v) is 14.0. The fourth-order valence-corrected chi connectivity index (χ4v) is 5.51. The van der Waals surface area contributed by atoms with E-state index >= 15 is 0 Å². The summed E-state index contributed by atoms with van der Waals surface area (Å²) in [5.41, 5.74) is 2.48. The summed E-state index contributed by atoms with van der Waals surface area (Å²) in [7, 11) is 5.82. The van der Waals surface area contributed by atoms with Gasteiger partial charge < -0.3 is 20.1 Å². The zero-order valence-corrected chi connectivity index (χ0v) is 24.1. The lowest BCUT2D eigenvalue weighted by atomic mass is 9.71. The Bertz CT molecular complexity index is 1300. The van der Waals surface area contributed by atoms with Gasteiger partial charge in [-0.1, -0.05) is 76.6 Å². The number of hydrogen-bond donors (Lipinski definition) is 2. The Hall–Kier alpha value is -2.77. The topological polar surface area (TPSA) is 57.6 Å². The van der Waals surface area contributed by atoms with Crippen LogP contribution in [0.3, 0.4) is 0 Å². The Labute approximate surface area is 235 Å². The first-order chi connectivity index (χ1) is 18.4. The van der Waals surface area contributed by atoms with Crippen LogP contribution in [0.4, 0.5) is 0 Å². The van der Waals surface area contributed by atoms with E-state index in [1.54, 1.807) is 7.11 Å². The van der Waals surface area contributed by atoms with Crippen molar-refractivity contribution >= 4 is 26.8 Å². The summed E-state index contributed by atoms with van der Waals surface area (Å²) in [4.78, 5) is 7.04. The van der Waals surface area contributed by atoms with Crippen LogP contribution < -0.4 is 10.1 Å². The van der Waals surface area contributed by atoms with Crippen LogP contribution in [0.15, 0.2) is 89.4 Å². The summed E-state index contributed by atoms with van der Waals surface area (Å²) >= 11 is 3.60. The number of nitrogens with zero attached hydrogens (tertiary/aromatic N) is 2. The molecule has 2 atom stereocenters. The standard InChI is InChI=1S/C32H38BrN3O2/c1-36(2)21-20-34-19-11-10-18-32(37,26-14-8-5-9-15-26)30(24-12-6-4-7-13-24)28-23-25-22-27(33)16-17-29(25)35-31(28)38-3/h4-9,12-17,22-23,30,34,37H,10-11,18-21H2,1-3H3. The van der Waals surface area contributed by atoms with Gasteiger partial charge in [0.15, 0.2) is 0 Å². The van der Waals surface area contributed by atoms with Gasteiger partial charge in [-0.25, -0.2) is 4.98 Å². The predicted octanol–water partition coefficient (Wildman–Crippen LogP) is 6.35. The number of rotatable bonds is 13. The van der Waals surface area contributed by atoms with Gasteiger partial charge in [0.2, 0.25) is 5.88 Å². The van der Waals surface area contributed by atoms with Crippen LogP contribution in [0.25, 0.3) is 10.9 Å². The van der Waals surface area contributed by atoms with Crippen molar-refractivity contribution in [2.24, 2.45) is 0 Å². The minimum Gasteiger partial charge on any atom is -0.481 e. The molecule has 1 aromatic heterocycles. The zero-order chi connectivity index (χ0) is 27.0. The molecule has 0 aliphatic rings. The highest BCUT2D eigenvalue weighted by molar-refractivity contribution is 9.10. The quantitative estimate of drug-likeness (QED) is 0.182. The van der Waals surface area contributed by atoms with E-state index in [0.29, 0.717) is 12.3 Å². The molecule has 0 saturated heterocycles. The van der Waals surface area contributed by atoms with Crippen molar-refractivity contribution in [3.63, 3.8) is 0 Å². The molecule has 5 nitrogen and oxygen atoms in total. The lowest BCUT2D eigenvalue weighted by Crippen LogP contribution is -2.35. The van der Waals surface area contributed by atoms with Crippen LogP contribution in [0.2, 0.25) is 0 Å². The highest BCUT2D eigenvalue weighted by Gasteiger charge is 2.41. The summed E-state index contributed by atoms with van der Waals surface area (Å²) in [6.45, 7) is 2.89. The second-order valence-corrected chi connectivity index (χ2v) is 11.0. The average molecular weight is 577 g/mol. The number of methoxy groups -OCH3 is 1. The molecule has 0 bridgehead atoms. The summed E-state index contributed by atoms with van der Waals surface area (Å²) in [6.07, 6.45) is 2.45. The lowest BCUT2D eigenvalue weighted by molar-refractivity contribution is 0.00718. The third-order valence-electron chi connectivity index (χ3n) is 7.06. The van der Waals surface area contributed by atoms with Crippen molar-refractivity contribution in [2.45, 2.75) is 30.8 Å². The second kappa shape index (κ2) is 13.3. The largest absolute Gasteiger partial charge is 0.481 e. The number of aromatic nitrogens is 1. The highest BCUT2D eigenvalue weighted by Crippen LogP contribution is 2.48. The normalized spacial score (nSPS) is 13.9. The van der Waals surface area contributed by atoms with Gasteiger partial charge in [0, 0.05) is 34.4 Å². The zero-order valence-electron chi connectivity index (χ0n) is 22.5. The molecule has 2 N–H and O–H groups in total. The van der Waals surface area contributed by atoms with E-state index in [9.17, 15) is 5.11 Å². The number of fused-ring (bicyclic) bond motifs is 1. The van der Waals surface area contributed by atoms with Crippen LogP contribution >= 0.6 is 15.9 Å². The SMILES string of the molecule is COc1nc2ccc(Br)cc2cc1C(c1ccccc1)C(O)(CCCCNCCN(C)C)c1ccccc1. The summed E-state index contributed by atoms with van der Waals surface area (Å²) in [6, 6.07) is 28.4. The number of likely N-dealkylation sites (N-methyl/N-ethyl adjacent to an activating group) is 1. The van der Waals surface area contributed by atoms with Gasteiger partial charge in [-0.3, -0.25) is 0 Å². The molecule has 4 aromatic rings. The van der Waals surface area contributed by atoms with Gasteiger partial charge >= 0.3 is 0 Å². The first-order valence-electron chi connectivity index (χ1n) is 13.2. The first kappa shape index (κ1) is 28.2. The molecule has 0 aliphatic carbocycles. The second-order valence-electron chi connectivity index (χ2n) is 10.1. The van der Waals surface area contributed by atoms with E-state index < -0.39 is 5.60 Å². The number of hydrogen-bond acceptors (Lipinski definition) is 5. The van der Waals surface area contributed by atoms with E-state index in [-0.39, 0.29) is 5.92 Å². The number of unbranched alkanes of at least 4 members (excludes halogenated alkanes) is 1. The van der Waals surface area contributed by atoms with Crippen LogP contribution in [-0.2, 0) is 5.60 Å². The molecule has 0 saturated carbocycles. The minimum absolute atomic E-state index is 0.376. The van der Waals surface area contributed by atoms with Crippen LogP contribution in [0.1, 0.15) is 41.9 Å².